The quantitative estimate of drug-likeness (QED) is 0.178. The minimum Gasteiger partial charge on any atom is -0.495 e. The number of nitrogens with zero attached hydrogens (tertiary/aromatic N) is 4. The molecule has 1 saturated heterocycles. The van der Waals surface area contributed by atoms with E-state index in [1.165, 1.54) is 17.4 Å². The van der Waals surface area contributed by atoms with Crippen molar-refractivity contribution in [3.8, 4) is 27.6 Å². The third-order valence-corrected chi connectivity index (χ3v) is 7.92. The van der Waals surface area contributed by atoms with E-state index in [1.54, 1.807) is 43.6 Å². The van der Waals surface area contributed by atoms with Crippen molar-refractivity contribution in [2.24, 2.45) is 0 Å². The summed E-state index contributed by atoms with van der Waals surface area (Å²) in [7, 11) is 1.66. The average Bonchev–Trinajstić information content (AvgIpc) is 3.43. The number of piperazine rings is 1. The van der Waals surface area contributed by atoms with Crippen LogP contribution < -0.4 is 31.3 Å². The molecule has 1 aliphatic rings. The molecule has 3 heterocycles. The molecule has 1 aliphatic heterocycles. The largest absolute Gasteiger partial charge is 0.495 e. The molecule has 1 amide bonds. The second-order valence-electron chi connectivity index (χ2n) is 9.88. The number of nitrogens with two attached hydrogens (primary N) is 1. The number of methoxy groups -OCH3 is 1. The topological polar surface area (TPSA) is 130 Å². The van der Waals surface area contributed by atoms with Gasteiger partial charge in [-0.3, -0.25) is 4.79 Å². The molecule has 0 spiro atoms. The van der Waals surface area contributed by atoms with Gasteiger partial charge >= 0.3 is 0 Å². The lowest BCUT2D eigenvalue weighted by atomic mass is 10.1. The number of halogens is 2. The summed E-state index contributed by atoms with van der Waals surface area (Å²) in [5.41, 5.74) is 9.35. The second kappa shape index (κ2) is 12.6. The Morgan fingerprint density at radius 1 is 1.00 bits per heavy atom. The van der Waals surface area contributed by atoms with Gasteiger partial charge in [0.25, 0.3) is 5.91 Å². The molecule has 0 radical (unpaired) electrons. The number of carbonyl (C=O) groups excluding carboxylic acids is 1. The summed E-state index contributed by atoms with van der Waals surface area (Å²) < 4.78 is 33.9. The zero-order chi connectivity index (χ0) is 30.6. The predicted molar refractivity (Wildman–Crippen MR) is 169 cm³/mol. The SMILES string of the molecule is COc1ccc(Nc2nccc(-c3sc(N)nc3-c3cccc(NC(=O)c4c(F)cccc4F)c3)n2)cc1N1CCNCC1. The van der Waals surface area contributed by atoms with Crippen LogP contribution in [0.3, 0.4) is 0 Å². The van der Waals surface area contributed by atoms with E-state index in [0.717, 1.165) is 55.4 Å². The van der Waals surface area contributed by atoms with E-state index in [4.69, 9.17) is 15.5 Å². The first-order valence-electron chi connectivity index (χ1n) is 13.8. The molecule has 0 unspecified atom stereocenters. The first kappa shape index (κ1) is 29.0. The molecule has 1 fully saturated rings. The highest BCUT2D eigenvalue weighted by Gasteiger charge is 2.20. The van der Waals surface area contributed by atoms with E-state index < -0.39 is 23.1 Å². The number of hydrogen-bond donors (Lipinski definition) is 4. The van der Waals surface area contributed by atoms with Crippen LogP contribution in [0.25, 0.3) is 21.8 Å². The summed E-state index contributed by atoms with van der Waals surface area (Å²) in [5, 5.41) is 9.54. The maximum Gasteiger partial charge on any atom is 0.261 e. The van der Waals surface area contributed by atoms with Crippen molar-refractivity contribution >= 4 is 45.4 Å². The summed E-state index contributed by atoms with van der Waals surface area (Å²) in [6, 6.07) is 17.6. The standard InChI is InChI=1S/C31H28F2N8O2S/c1-43-25-9-8-20(17-24(25)41-14-12-35-13-15-41)38-31-36-11-10-23(39-31)28-27(40-30(34)44-28)18-4-2-5-19(16-18)37-29(42)26-21(32)6-3-7-22(26)33/h2-11,16-17,35H,12-15H2,1H3,(H2,34,40)(H,37,42)(H,36,38,39). The van der Waals surface area contributed by atoms with Crippen molar-refractivity contribution in [1.29, 1.82) is 0 Å². The zero-order valence-electron chi connectivity index (χ0n) is 23.6. The minimum absolute atomic E-state index is 0.321. The maximum absolute atomic E-state index is 14.2. The van der Waals surface area contributed by atoms with Crippen LogP contribution >= 0.6 is 11.3 Å². The van der Waals surface area contributed by atoms with E-state index in [2.05, 4.69) is 30.8 Å². The number of amides is 1. The number of thiazole rings is 1. The molecule has 0 bridgehead atoms. The van der Waals surface area contributed by atoms with Crippen LogP contribution in [0.15, 0.2) is 72.9 Å². The van der Waals surface area contributed by atoms with Gasteiger partial charge in [-0.15, -0.1) is 0 Å². The number of ether oxygens (including phenoxy) is 1. The van der Waals surface area contributed by atoms with Gasteiger partial charge in [0.1, 0.15) is 22.9 Å². The number of nitrogens with one attached hydrogen (secondary N) is 3. The minimum atomic E-state index is -0.948. The Morgan fingerprint density at radius 3 is 2.55 bits per heavy atom. The fourth-order valence-electron chi connectivity index (χ4n) is 4.95. The van der Waals surface area contributed by atoms with Gasteiger partial charge < -0.3 is 31.3 Å². The summed E-state index contributed by atoms with van der Waals surface area (Å²) in [5.74, 6) is -1.63. The van der Waals surface area contributed by atoms with Gasteiger partial charge in [-0.05, 0) is 48.5 Å². The fraction of sp³-hybridized carbons (Fsp3) is 0.161. The highest BCUT2D eigenvalue weighted by molar-refractivity contribution is 7.19. The molecule has 2 aromatic heterocycles. The zero-order valence-corrected chi connectivity index (χ0v) is 24.4. The number of nitrogen functional groups attached to an aromatic ring is 1. The van der Waals surface area contributed by atoms with Crippen molar-refractivity contribution in [2.75, 3.05) is 54.6 Å². The smallest absolute Gasteiger partial charge is 0.261 e. The van der Waals surface area contributed by atoms with Gasteiger partial charge in [0, 0.05) is 49.3 Å². The van der Waals surface area contributed by atoms with Gasteiger partial charge in [-0.1, -0.05) is 29.5 Å². The van der Waals surface area contributed by atoms with Crippen LogP contribution in [0.4, 0.5) is 36.9 Å². The van der Waals surface area contributed by atoms with E-state index >= 15 is 0 Å². The van der Waals surface area contributed by atoms with E-state index in [1.807, 2.05) is 18.2 Å². The number of aromatic nitrogens is 3. The fourth-order valence-corrected chi connectivity index (χ4v) is 5.78. The normalized spacial score (nSPS) is 13.0. The molecule has 0 saturated carbocycles. The summed E-state index contributed by atoms with van der Waals surface area (Å²) >= 11 is 1.26. The molecule has 5 N–H and O–H groups in total. The molecular weight excluding hydrogens is 586 g/mol. The molecule has 10 nitrogen and oxygen atoms in total. The van der Waals surface area contributed by atoms with Crippen LogP contribution in [-0.2, 0) is 0 Å². The highest BCUT2D eigenvalue weighted by atomic mass is 32.1. The number of rotatable bonds is 8. The van der Waals surface area contributed by atoms with Gasteiger partial charge in [0.2, 0.25) is 5.95 Å². The van der Waals surface area contributed by atoms with Crippen LogP contribution in [-0.4, -0.2) is 54.1 Å². The molecular formula is C31H28F2N8O2S. The molecule has 5 aromatic rings. The Bertz CT molecular complexity index is 1810. The third kappa shape index (κ3) is 6.14. The number of anilines is 5. The molecule has 6 rings (SSSR count). The Morgan fingerprint density at radius 2 is 1.77 bits per heavy atom. The number of carbonyl (C=O) groups is 1. The van der Waals surface area contributed by atoms with Gasteiger partial charge in [-0.2, -0.15) is 0 Å². The highest BCUT2D eigenvalue weighted by Crippen LogP contribution is 2.38. The first-order valence-corrected chi connectivity index (χ1v) is 14.6. The first-order chi connectivity index (χ1) is 21.4. The lowest BCUT2D eigenvalue weighted by molar-refractivity contribution is 0.101. The monoisotopic (exact) mass is 614 g/mol. The van der Waals surface area contributed by atoms with Crippen LogP contribution in [0.1, 0.15) is 10.4 Å². The molecule has 0 atom stereocenters. The number of hydrogen-bond acceptors (Lipinski definition) is 10. The van der Waals surface area contributed by atoms with E-state index in [-0.39, 0.29) is 0 Å². The summed E-state index contributed by atoms with van der Waals surface area (Å²) in [6.07, 6.45) is 1.64. The van der Waals surface area contributed by atoms with Crippen molar-refractivity contribution in [2.45, 2.75) is 0 Å². The molecule has 13 heteroatoms. The summed E-state index contributed by atoms with van der Waals surface area (Å²) in [4.78, 5) is 29.3. The number of benzene rings is 3. The summed E-state index contributed by atoms with van der Waals surface area (Å²) in [6.45, 7) is 3.52. The Balaban J connectivity index is 1.26. The van der Waals surface area contributed by atoms with Gasteiger partial charge in [0.15, 0.2) is 5.13 Å². The third-order valence-electron chi connectivity index (χ3n) is 7.01. The van der Waals surface area contributed by atoms with Crippen molar-refractivity contribution < 1.29 is 18.3 Å². The lowest BCUT2D eigenvalue weighted by Gasteiger charge is -2.30. The van der Waals surface area contributed by atoms with E-state index in [0.29, 0.717) is 38.6 Å². The van der Waals surface area contributed by atoms with Crippen LogP contribution in [0, 0.1) is 11.6 Å². The van der Waals surface area contributed by atoms with Crippen molar-refractivity contribution in [3.05, 3.63) is 90.1 Å². The van der Waals surface area contributed by atoms with Gasteiger partial charge in [0.05, 0.1) is 29.1 Å². The molecule has 3 aromatic carbocycles. The van der Waals surface area contributed by atoms with Crippen molar-refractivity contribution in [1.82, 2.24) is 20.3 Å². The second-order valence-corrected chi connectivity index (χ2v) is 10.9. The predicted octanol–water partition coefficient (Wildman–Crippen LogP) is 5.54. The average molecular weight is 615 g/mol. The van der Waals surface area contributed by atoms with Crippen molar-refractivity contribution in [3.63, 3.8) is 0 Å². The Labute approximate surface area is 255 Å². The Hall–Kier alpha value is -5.14. The van der Waals surface area contributed by atoms with Crippen LogP contribution in [0.5, 0.6) is 5.75 Å². The molecule has 0 aliphatic carbocycles. The molecule has 224 valence electrons. The Kier molecular flexibility index (Phi) is 8.30. The lowest BCUT2D eigenvalue weighted by Crippen LogP contribution is -2.43. The molecule has 44 heavy (non-hydrogen) atoms. The van der Waals surface area contributed by atoms with Crippen LogP contribution in [0.2, 0.25) is 0 Å². The maximum atomic E-state index is 14.2. The van der Waals surface area contributed by atoms with E-state index in [9.17, 15) is 13.6 Å². The van der Waals surface area contributed by atoms with Gasteiger partial charge in [-0.25, -0.2) is 23.7 Å².